The SMILES string of the molecule is CCC(=O)Nc1cc(C2=NOC(c3cc(Cl)cc(Cl)c3)(C(F)(F)F)C2)sc1C. The maximum absolute atomic E-state index is 14.0. The summed E-state index contributed by atoms with van der Waals surface area (Å²) < 4.78 is 42.1. The molecule has 150 valence electrons. The summed E-state index contributed by atoms with van der Waals surface area (Å²) in [4.78, 5) is 17.8. The molecular weight excluding hydrogens is 436 g/mol. The van der Waals surface area contributed by atoms with Crippen molar-refractivity contribution in [1.82, 2.24) is 0 Å². The third-order valence-corrected chi connectivity index (χ3v) is 5.85. The summed E-state index contributed by atoms with van der Waals surface area (Å²) in [5, 5.41) is 6.58. The minimum absolute atomic E-state index is 0.0692. The van der Waals surface area contributed by atoms with Crippen molar-refractivity contribution in [2.45, 2.75) is 38.5 Å². The van der Waals surface area contributed by atoms with Gasteiger partial charge < -0.3 is 10.2 Å². The second kappa shape index (κ2) is 7.57. The van der Waals surface area contributed by atoms with Crippen LogP contribution in [-0.2, 0) is 15.2 Å². The lowest BCUT2D eigenvalue weighted by Gasteiger charge is -2.29. The number of oxime groups is 1. The van der Waals surface area contributed by atoms with Crippen LogP contribution in [0.5, 0.6) is 0 Å². The molecule has 1 aromatic carbocycles. The molecule has 1 atom stereocenters. The van der Waals surface area contributed by atoms with Crippen LogP contribution >= 0.6 is 34.5 Å². The number of alkyl halides is 3. The number of benzene rings is 1. The van der Waals surface area contributed by atoms with Gasteiger partial charge in [0, 0.05) is 26.9 Å². The van der Waals surface area contributed by atoms with Gasteiger partial charge >= 0.3 is 6.18 Å². The van der Waals surface area contributed by atoms with Gasteiger partial charge in [0.05, 0.1) is 17.0 Å². The first-order chi connectivity index (χ1) is 13.1. The van der Waals surface area contributed by atoms with Crippen LogP contribution < -0.4 is 5.32 Å². The van der Waals surface area contributed by atoms with Gasteiger partial charge in [0.15, 0.2) is 0 Å². The summed E-state index contributed by atoms with van der Waals surface area (Å²) in [6, 6.07) is 5.30. The first-order valence-corrected chi connectivity index (χ1v) is 9.82. The third-order valence-electron chi connectivity index (χ3n) is 4.31. The fourth-order valence-corrected chi connectivity index (χ4v) is 4.29. The molecule has 1 amide bonds. The smallest absolute Gasteiger partial charge is 0.374 e. The molecule has 1 aliphatic rings. The molecule has 0 saturated carbocycles. The predicted molar refractivity (Wildman–Crippen MR) is 104 cm³/mol. The fraction of sp³-hybridized carbons (Fsp3) is 0.333. The first kappa shape index (κ1) is 21.0. The standard InChI is InChI=1S/C18H15Cl2F3N2O2S/c1-3-16(26)24-13-7-15(28-9(13)2)14-8-17(27-25-14,18(21,22)23)10-4-11(19)6-12(20)5-10/h4-7H,3,8H2,1-2H3,(H,24,26). The van der Waals surface area contributed by atoms with Crippen molar-refractivity contribution in [3.8, 4) is 0 Å². The average molecular weight is 451 g/mol. The van der Waals surface area contributed by atoms with Gasteiger partial charge in [0.2, 0.25) is 5.91 Å². The highest BCUT2D eigenvalue weighted by Gasteiger charge is 2.62. The number of nitrogens with one attached hydrogen (secondary N) is 1. The lowest BCUT2D eigenvalue weighted by molar-refractivity contribution is -0.275. The molecule has 0 spiro atoms. The predicted octanol–water partition coefficient (Wildman–Crippen LogP) is 6.29. The minimum atomic E-state index is -4.75. The third kappa shape index (κ3) is 3.86. The van der Waals surface area contributed by atoms with Crippen molar-refractivity contribution in [3.63, 3.8) is 0 Å². The van der Waals surface area contributed by atoms with Crippen LogP contribution in [0.25, 0.3) is 0 Å². The summed E-state index contributed by atoms with van der Waals surface area (Å²) in [5.74, 6) is -0.185. The number of carbonyl (C=O) groups is 1. The van der Waals surface area contributed by atoms with Gasteiger partial charge in [-0.2, -0.15) is 13.2 Å². The van der Waals surface area contributed by atoms with Crippen molar-refractivity contribution in [2.24, 2.45) is 5.16 Å². The molecule has 4 nitrogen and oxygen atoms in total. The Bertz CT molecular complexity index is 939. The Labute approximate surface area is 173 Å². The zero-order valence-electron chi connectivity index (χ0n) is 14.8. The van der Waals surface area contributed by atoms with Crippen LogP contribution in [0.15, 0.2) is 29.4 Å². The molecule has 0 bridgehead atoms. The second-order valence-corrected chi connectivity index (χ2v) is 8.40. The van der Waals surface area contributed by atoms with E-state index in [1.807, 2.05) is 0 Å². The van der Waals surface area contributed by atoms with E-state index < -0.39 is 18.2 Å². The lowest BCUT2D eigenvalue weighted by atomic mass is 9.88. The zero-order chi connectivity index (χ0) is 20.7. The van der Waals surface area contributed by atoms with E-state index >= 15 is 0 Å². The zero-order valence-corrected chi connectivity index (χ0v) is 17.1. The Kier molecular flexibility index (Phi) is 5.67. The highest BCUT2D eigenvalue weighted by atomic mass is 35.5. The fourth-order valence-electron chi connectivity index (χ4n) is 2.81. The molecule has 1 aromatic heterocycles. The molecule has 3 rings (SSSR count). The highest BCUT2D eigenvalue weighted by Crippen LogP contribution is 2.50. The van der Waals surface area contributed by atoms with Gasteiger partial charge in [-0.1, -0.05) is 35.3 Å². The van der Waals surface area contributed by atoms with E-state index in [0.29, 0.717) is 17.0 Å². The van der Waals surface area contributed by atoms with E-state index in [9.17, 15) is 18.0 Å². The monoisotopic (exact) mass is 450 g/mol. The molecule has 2 aromatic rings. The number of amides is 1. The quantitative estimate of drug-likeness (QED) is 0.594. The van der Waals surface area contributed by atoms with E-state index in [4.69, 9.17) is 28.0 Å². The van der Waals surface area contributed by atoms with Gasteiger partial charge in [-0.05, 0) is 31.2 Å². The minimum Gasteiger partial charge on any atom is -0.374 e. The second-order valence-electron chi connectivity index (χ2n) is 6.27. The number of thiophene rings is 1. The molecular formula is C18H15Cl2F3N2O2S. The van der Waals surface area contributed by atoms with E-state index in [0.717, 1.165) is 4.88 Å². The van der Waals surface area contributed by atoms with Crippen molar-refractivity contribution in [2.75, 3.05) is 5.32 Å². The van der Waals surface area contributed by atoms with Gasteiger partial charge in [-0.25, -0.2) is 0 Å². The highest BCUT2D eigenvalue weighted by molar-refractivity contribution is 7.14. The summed E-state index contributed by atoms with van der Waals surface area (Å²) in [7, 11) is 0. The normalized spacial score (nSPS) is 19.3. The van der Waals surface area contributed by atoms with E-state index in [2.05, 4.69) is 10.5 Å². The van der Waals surface area contributed by atoms with Crippen LogP contribution in [0.2, 0.25) is 10.0 Å². The Balaban J connectivity index is 1.96. The summed E-state index contributed by atoms with van der Waals surface area (Å²) in [6.07, 6.45) is -4.99. The number of carbonyl (C=O) groups excluding carboxylic acids is 1. The summed E-state index contributed by atoms with van der Waals surface area (Å²) >= 11 is 13.0. The molecule has 28 heavy (non-hydrogen) atoms. The van der Waals surface area contributed by atoms with Crippen molar-refractivity contribution < 1.29 is 22.8 Å². The number of anilines is 1. The van der Waals surface area contributed by atoms with Gasteiger partial charge in [0.25, 0.3) is 5.60 Å². The molecule has 1 aliphatic heterocycles. The van der Waals surface area contributed by atoms with Gasteiger partial charge in [-0.15, -0.1) is 11.3 Å². The van der Waals surface area contributed by atoms with Crippen LogP contribution in [0.4, 0.5) is 18.9 Å². The Morgan fingerprint density at radius 1 is 1.29 bits per heavy atom. The first-order valence-electron chi connectivity index (χ1n) is 8.24. The van der Waals surface area contributed by atoms with Crippen molar-refractivity contribution in [3.05, 3.63) is 49.6 Å². The van der Waals surface area contributed by atoms with Crippen molar-refractivity contribution in [1.29, 1.82) is 0 Å². The molecule has 0 aliphatic carbocycles. The van der Waals surface area contributed by atoms with E-state index in [1.54, 1.807) is 19.9 Å². The molecule has 0 saturated heterocycles. The van der Waals surface area contributed by atoms with E-state index in [-0.39, 0.29) is 27.2 Å². The summed E-state index contributed by atoms with van der Waals surface area (Å²) in [5.41, 5.74) is -2.21. The number of halogens is 5. The topological polar surface area (TPSA) is 50.7 Å². The number of aryl methyl sites for hydroxylation is 1. The maximum atomic E-state index is 14.0. The molecule has 1 unspecified atom stereocenters. The largest absolute Gasteiger partial charge is 0.435 e. The molecule has 0 fully saturated rings. The molecule has 1 N–H and O–H groups in total. The maximum Gasteiger partial charge on any atom is 0.435 e. The Morgan fingerprint density at radius 2 is 1.93 bits per heavy atom. The van der Waals surface area contributed by atoms with Crippen molar-refractivity contribution >= 4 is 51.8 Å². The van der Waals surface area contributed by atoms with Crippen LogP contribution in [0.1, 0.15) is 35.1 Å². The molecule has 10 heteroatoms. The van der Waals surface area contributed by atoms with Crippen LogP contribution in [0, 0.1) is 6.92 Å². The lowest BCUT2D eigenvalue weighted by Crippen LogP contribution is -2.42. The Hall–Kier alpha value is -1.77. The van der Waals surface area contributed by atoms with Crippen LogP contribution in [-0.4, -0.2) is 17.8 Å². The summed E-state index contributed by atoms with van der Waals surface area (Å²) in [6.45, 7) is 3.48. The number of hydrogen-bond donors (Lipinski definition) is 1. The number of rotatable bonds is 4. The Morgan fingerprint density at radius 3 is 2.50 bits per heavy atom. The van der Waals surface area contributed by atoms with E-state index in [1.165, 1.54) is 29.5 Å². The van der Waals surface area contributed by atoms with Crippen LogP contribution in [0.3, 0.4) is 0 Å². The van der Waals surface area contributed by atoms with Gasteiger partial charge in [-0.3, -0.25) is 4.79 Å². The number of hydrogen-bond acceptors (Lipinski definition) is 4. The number of nitrogens with zero attached hydrogens (tertiary/aromatic N) is 1. The van der Waals surface area contributed by atoms with Gasteiger partial charge in [0.1, 0.15) is 5.71 Å². The average Bonchev–Trinajstić information content (AvgIpc) is 3.19. The molecule has 0 radical (unpaired) electrons. The molecule has 2 heterocycles.